The lowest BCUT2D eigenvalue weighted by atomic mass is 10.2. The lowest BCUT2D eigenvalue weighted by molar-refractivity contribution is -0.122. The first kappa shape index (κ1) is 19.4. The summed E-state index contributed by atoms with van der Waals surface area (Å²) >= 11 is 4.61. The van der Waals surface area contributed by atoms with Crippen molar-refractivity contribution in [2.75, 3.05) is 18.1 Å². The van der Waals surface area contributed by atoms with Crippen molar-refractivity contribution in [1.82, 2.24) is 10.6 Å². The summed E-state index contributed by atoms with van der Waals surface area (Å²) in [6.45, 7) is 2.81. The smallest absolute Gasteiger partial charge is 0.414 e. The molecule has 3 amide bonds. The van der Waals surface area contributed by atoms with Crippen molar-refractivity contribution in [3.63, 3.8) is 0 Å². The van der Waals surface area contributed by atoms with E-state index in [0.29, 0.717) is 24.6 Å². The van der Waals surface area contributed by atoms with Gasteiger partial charge in [-0.25, -0.2) is 4.79 Å². The van der Waals surface area contributed by atoms with Crippen LogP contribution in [0.1, 0.15) is 22.2 Å². The summed E-state index contributed by atoms with van der Waals surface area (Å²) in [5.41, 5.74) is 1.58. The summed E-state index contributed by atoms with van der Waals surface area (Å²) in [7, 11) is 0. The summed E-state index contributed by atoms with van der Waals surface area (Å²) in [6, 6.07) is 10.1. The SMILES string of the molecule is CC(NC(=O)c1ccc(Br)s1)C(=O)NCc1cccc(N2CCOC2=O)c1. The Hall–Kier alpha value is -2.39. The molecule has 1 aromatic carbocycles. The quantitative estimate of drug-likeness (QED) is 0.706. The molecule has 1 unspecified atom stereocenters. The second-order valence-corrected chi connectivity index (χ2v) is 8.42. The predicted octanol–water partition coefficient (Wildman–Crippen LogP) is 2.90. The van der Waals surface area contributed by atoms with Crippen LogP contribution in [0.2, 0.25) is 0 Å². The van der Waals surface area contributed by atoms with Crippen molar-refractivity contribution in [3.8, 4) is 0 Å². The predicted molar refractivity (Wildman–Crippen MR) is 106 cm³/mol. The van der Waals surface area contributed by atoms with Gasteiger partial charge in [0.25, 0.3) is 5.91 Å². The van der Waals surface area contributed by atoms with Gasteiger partial charge in [-0.1, -0.05) is 12.1 Å². The maximum atomic E-state index is 12.3. The number of hydrogen-bond donors (Lipinski definition) is 2. The monoisotopic (exact) mass is 451 g/mol. The van der Waals surface area contributed by atoms with E-state index in [4.69, 9.17) is 4.74 Å². The van der Waals surface area contributed by atoms with Crippen LogP contribution in [-0.4, -0.2) is 37.1 Å². The lowest BCUT2D eigenvalue weighted by Gasteiger charge is -2.16. The van der Waals surface area contributed by atoms with Gasteiger partial charge in [-0.3, -0.25) is 14.5 Å². The Morgan fingerprint density at radius 2 is 2.15 bits per heavy atom. The van der Waals surface area contributed by atoms with E-state index in [1.54, 1.807) is 24.0 Å². The van der Waals surface area contributed by atoms with Crippen molar-refractivity contribution in [3.05, 3.63) is 50.6 Å². The number of hydrogen-bond acceptors (Lipinski definition) is 5. The van der Waals surface area contributed by atoms with Gasteiger partial charge in [0.05, 0.1) is 15.2 Å². The molecule has 0 spiro atoms. The molecule has 1 aromatic heterocycles. The van der Waals surface area contributed by atoms with E-state index in [1.807, 2.05) is 24.3 Å². The molecule has 1 aliphatic heterocycles. The standard InChI is InChI=1S/C18H18BrN3O4S/c1-11(21-17(24)14-5-6-15(19)27-14)16(23)20-10-12-3-2-4-13(9-12)22-7-8-26-18(22)25/h2-6,9,11H,7-8,10H2,1H3,(H,20,23)(H,21,24). The molecule has 0 aliphatic carbocycles. The molecule has 0 bridgehead atoms. The average Bonchev–Trinajstić information content (AvgIpc) is 3.28. The van der Waals surface area contributed by atoms with Gasteiger partial charge in [-0.05, 0) is 52.7 Å². The third-order valence-corrected chi connectivity index (χ3v) is 5.61. The maximum Gasteiger partial charge on any atom is 0.414 e. The van der Waals surface area contributed by atoms with Crippen LogP contribution in [0.15, 0.2) is 40.2 Å². The number of amides is 3. The molecule has 9 heteroatoms. The van der Waals surface area contributed by atoms with Gasteiger partial charge < -0.3 is 15.4 Å². The molecule has 1 atom stereocenters. The van der Waals surface area contributed by atoms with E-state index in [-0.39, 0.29) is 17.9 Å². The van der Waals surface area contributed by atoms with E-state index in [2.05, 4.69) is 26.6 Å². The Bertz CT molecular complexity index is 870. The highest BCUT2D eigenvalue weighted by molar-refractivity contribution is 9.11. The number of rotatable bonds is 6. The van der Waals surface area contributed by atoms with Crippen molar-refractivity contribution < 1.29 is 19.1 Å². The zero-order valence-electron chi connectivity index (χ0n) is 14.5. The number of halogens is 1. The Labute approximate surface area is 168 Å². The number of thiophene rings is 1. The molecule has 0 saturated carbocycles. The number of cyclic esters (lactones) is 1. The van der Waals surface area contributed by atoms with Gasteiger partial charge in [0.15, 0.2) is 0 Å². The largest absolute Gasteiger partial charge is 0.447 e. The minimum atomic E-state index is -0.671. The van der Waals surface area contributed by atoms with Crippen LogP contribution in [-0.2, 0) is 16.1 Å². The third kappa shape index (κ3) is 4.86. The summed E-state index contributed by atoms with van der Waals surface area (Å²) in [5.74, 6) is -0.576. The number of nitrogens with zero attached hydrogens (tertiary/aromatic N) is 1. The zero-order chi connectivity index (χ0) is 19.4. The Balaban J connectivity index is 1.54. The van der Waals surface area contributed by atoms with Crippen LogP contribution >= 0.6 is 27.3 Å². The first-order valence-electron chi connectivity index (χ1n) is 8.31. The van der Waals surface area contributed by atoms with E-state index in [9.17, 15) is 14.4 Å². The van der Waals surface area contributed by atoms with Crippen LogP contribution in [0, 0.1) is 0 Å². The molecule has 142 valence electrons. The van der Waals surface area contributed by atoms with Crippen LogP contribution < -0.4 is 15.5 Å². The number of ether oxygens (including phenoxy) is 1. The fraction of sp³-hybridized carbons (Fsp3) is 0.278. The molecule has 7 nitrogen and oxygen atoms in total. The number of carbonyl (C=O) groups excluding carboxylic acids is 3. The summed E-state index contributed by atoms with van der Waals surface area (Å²) in [4.78, 5) is 38.1. The molecular formula is C18H18BrN3O4S. The van der Waals surface area contributed by atoms with Crippen LogP contribution in [0.5, 0.6) is 0 Å². The van der Waals surface area contributed by atoms with Crippen molar-refractivity contribution in [1.29, 1.82) is 0 Å². The fourth-order valence-corrected chi connectivity index (χ4v) is 3.86. The Morgan fingerprint density at radius 3 is 2.81 bits per heavy atom. The second kappa shape index (κ2) is 8.53. The van der Waals surface area contributed by atoms with Crippen LogP contribution in [0.25, 0.3) is 0 Å². The number of anilines is 1. The number of benzene rings is 1. The molecule has 2 aromatic rings. The van der Waals surface area contributed by atoms with Gasteiger partial charge in [0, 0.05) is 12.2 Å². The molecule has 1 aliphatic rings. The molecule has 2 heterocycles. The highest BCUT2D eigenvalue weighted by atomic mass is 79.9. The maximum absolute atomic E-state index is 12.3. The molecule has 1 fully saturated rings. The molecule has 27 heavy (non-hydrogen) atoms. The molecular weight excluding hydrogens is 434 g/mol. The molecule has 2 N–H and O–H groups in total. The summed E-state index contributed by atoms with van der Waals surface area (Å²) in [5, 5.41) is 5.47. The van der Waals surface area contributed by atoms with E-state index < -0.39 is 6.04 Å². The van der Waals surface area contributed by atoms with Crippen molar-refractivity contribution >= 4 is 50.9 Å². The highest BCUT2D eigenvalue weighted by Gasteiger charge is 2.23. The summed E-state index contributed by atoms with van der Waals surface area (Å²) < 4.78 is 5.79. The zero-order valence-corrected chi connectivity index (χ0v) is 16.9. The summed E-state index contributed by atoms with van der Waals surface area (Å²) in [6.07, 6.45) is -0.368. The van der Waals surface area contributed by atoms with Gasteiger partial charge in [0.2, 0.25) is 5.91 Å². The van der Waals surface area contributed by atoms with Gasteiger partial charge in [-0.15, -0.1) is 11.3 Å². The van der Waals surface area contributed by atoms with Gasteiger partial charge >= 0.3 is 6.09 Å². The fourth-order valence-electron chi connectivity index (χ4n) is 2.57. The molecule has 0 radical (unpaired) electrons. The first-order valence-corrected chi connectivity index (χ1v) is 9.92. The van der Waals surface area contributed by atoms with E-state index in [0.717, 1.165) is 15.0 Å². The third-order valence-electron chi connectivity index (χ3n) is 3.99. The first-order chi connectivity index (χ1) is 12.9. The van der Waals surface area contributed by atoms with Crippen LogP contribution in [0.3, 0.4) is 0 Å². The normalized spacial score (nSPS) is 14.6. The van der Waals surface area contributed by atoms with Gasteiger partial charge in [0.1, 0.15) is 12.6 Å². The number of nitrogens with one attached hydrogen (secondary N) is 2. The minimum absolute atomic E-state index is 0.287. The Morgan fingerprint density at radius 1 is 1.33 bits per heavy atom. The van der Waals surface area contributed by atoms with Crippen LogP contribution in [0.4, 0.5) is 10.5 Å². The minimum Gasteiger partial charge on any atom is -0.447 e. The van der Waals surface area contributed by atoms with E-state index >= 15 is 0 Å². The lowest BCUT2D eigenvalue weighted by Crippen LogP contribution is -2.44. The molecule has 3 rings (SSSR count). The second-order valence-electron chi connectivity index (χ2n) is 5.95. The van der Waals surface area contributed by atoms with Crippen molar-refractivity contribution in [2.24, 2.45) is 0 Å². The van der Waals surface area contributed by atoms with Gasteiger partial charge in [-0.2, -0.15) is 0 Å². The Kier molecular flexibility index (Phi) is 6.12. The van der Waals surface area contributed by atoms with Crippen molar-refractivity contribution in [2.45, 2.75) is 19.5 Å². The highest BCUT2D eigenvalue weighted by Crippen LogP contribution is 2.22. The van der Waals surface area contributed by atoms with E-state index in [1.165, 1.54) is 11.3 Å². The molecule has 1 saturated heterocycles. The average molecular weight is 452 g/mol. The topological polar surface area (TPSA) is 87.7 Å². The number of carbonyl (C=O) groups is 3.